The van der Waals surface area contributed by atoms with Crippen LogP contribution in [0.25, 0.3) is 0 Å². The van der Waals surface area contributed by atoms with Crippen molar-refractivity contribution in [3.8, 4) is 0 Å². The number of nitrogens with zero attached hydrogens (tertiary/aromatic N) is 1. The molecule has 0 spiro atoms. The molecule has 0 aromatic carbocycles. The van der Waals surface area contributed by atoms with Crippen molar-refractivity contribution in [1.29, 1.82) is 0 Å². The van der Waals surface area contributed by atoms with Crippen LogP contribution in [0.15, 0.2) is 16.4 Å². The van der Waals surface area contributed by atoms with E-state index >= 15 is 0 Å². The van der Waals surface area contributed by atoms with Gasteiger partial charge in [-0.25, -0.2) is 4.99 Å². The molecule has 1 aromatic rings. The van der Waals surface area contributed by atoms with Gasteiger partial charge in [-0.15, -0.1) is 11.3 Å². The molecule has 0 atom stereocenters. The van der Waals surface area contributed by atoms with E-state index in [-0.39, 0.29) is 0 Å². The predicted molar refractivity (Wildman–Crippen MR) is 89.9 cm³/mol. The molecular weight excluding hydrogens is 282 g/mol. The standard InChI is InChI=1S/C16H27N3OS/c1-3-17-15(18-11-14-13(2)7-10-21-14)19-12-16(20)8-5-4-6-9-16/h7,10,20H,3-6,8-9,11-12H2,1-2H3,(H2,17,18,19). The van der Waals surface area contributed by atoms with Crippen molar-refractivity contribution in [3.05, 3.63) is 21.9 Å². The molecule has 2 rings (SSSR count). The Morgan fingerprint density at radius 3 is 2.71 bits per heavy atom. The number of thiophene rings is 1. The Balaban J connectivity index is 1.90. The SMILES string of the molecule is CCNC(=NCc1sccc1C)NCC1(O)CCCCC1. The molecule has 0 bridgehead atoms. The van der Waals surface area contributed by atoms with Crippen LogP contribution in [-0.4, -0.2) is 29.8 Å². The van der Waals surface area contributed by atoms with Crippen LogP contribution < -0.4 is 10.6 Å². The summed E-state index contributed by atoms with van der Waals surface area (Å²) in [6.45, 7) is 6.28. The summed E-state index contributed by atoms with van der Waals surface area (Å²) in [6.07, 6.45) is 5.28. The summed E-state index contributed by atoms with van der Waals surface area (Å²) in [5.41, 5.74) is 0.735. The highest BCUT2D eigenvalue weighted by Crippen LogP contribution is 2.27. The van der Waals surface area contributed by atoms with Gasteiger partial charge in [0.2, 0.25) is 0 Å². The molecule has 1 fully saturated rings. The molecule has 1 saturated carbocycles. The number of aliphatic hydroxyl groups is 1. The molecule has 0 radical (unpaired) electrons. The van der Waals surface area contributed by atoms with Crippen LogP contribution in [0, 0.1) is 6.92 Å². The highest BCUT2D eigenvalue weighted by atomic mass is 32.1. The molecule has 1 heterocycles. The van der Waals surface area contributed by atoms with E-state index in [2.05, 4.69) is 40.9 Å². The second-order valence-corrected chi connectivity index (χ2v) is 6.86. The summed E-state index contributed by atoms with van der Waals surface area (Å²) >= 11 is 1.74. The zero-order valence-corrected chi connectivity index (χ0v) is 13.9. The topological polar surface area (TPSA) is 56.7 Å². The van der Waals surface area contributed by atoms with E-state index < -0.39 is 5.60 Å². The quantitative estimate of drug-likeness (QED) is 0.579. The second kappa shape index (κ2) is 7.80. The Morgan fingerprint density at radius 1 is 1.33 bits per heavy atom. The normalized spacial score (nSPS) is 18.5. The van der Waals surface area contributed by atoms with Crippen LogP contribution in [0.3, 0.4) is 0 Å². The van der Waals surface area contributed by atoms with Crippen LogP contribution >= 0.6 is 11.3 Å². The van der Waals surface area contributed by atoms with E-state index in [1.807, 2.05) is 0 Å². The molecule has 1 aliphatic carbocycles. The first-order valence-corrected chi connectivity index (χ1v) is 8.78. The minimum Gasteiger partial charge on any atom is -0.388 e. The van der Waals surface area contributed by atoms with Gasteiger partial charge in [-0.1, -0.05) is 19.3 Å². The smallest absolute Gasteiger partial charge is 0.191 e. The summed E-state index contributed by atoms with van der Waals surface area (Å²) in [5, 5.41) is 19.2. The zero-order valence-electron chi connectivity index (χ0n) is 13.1. The molecule has 0 aliphatic heterocycles. The van der Waals surface area contributed by atoms with E-state index in [9.17, 15) is 5.11 Å². The maximum atomic E-state index is 10.5. The van der Waals surface area contributed by atoms with Gasteiger partial charge in [-0.3, -0.25) is 0 Å². The Labute approximate surface area is 131 Å². The summed E-state index contributed by atoms with van der Waals surface area (Å²) in [5.74, 6) is 0.796. The number of hydrogen-bond acceptors (Lipinski definition) is 3. The minimum absolute atomic E-state index is 0.562. The number of aryl methyl sites for hydroxylation is 1. The van der Waals surface area contributed by atoms with Crippen LogP contribution in [0.1, 0.15) is 49.5 Å². The Kier molecular flexibility index (Phi) is 6.06. The lowest BCUT2D eigenvalue weighted by Gasteiger charge is -2.32. The monoisotopic (exact) mass is 309 g/mol. The first-order valence-electron chi connectivity index (χ1n) is 7.90. The Hall–Kier alpha value is -1.07. The number of rotatable bonds is 5. The fraction of sp³-hybridized carbons (Fsp3) is 0.688. The van der Waals surface area contributed by atoms with Crippen molar-refractivity contribution < 1.29 is 5.11 Å². The van der Waals surface area contributed by atoms with Gasteiger partial charge in [0, 0.05) is 18.0 Å². The average molecular weight is 309 g/mol. The van der Waals surface area contributed by atoms with Crippen molar-refractivity contribution in [2.75, 3.05) is 13.1 Å². The molecule has 0 unspecified atom stereocenters. The number of nitrogens with one attached hydrogen (secondary N) is 2. The maximum absolute atomic E-state index is 10.5. The lowest BCUT2D eigenvalue weighted by molar-refractivity contribution is 0.00859. The molecule has 118 valence electrons. The van der Waals surface area contributed by atoms with E-state index in [4.69, 9.17) is 0 Å². The van der Waals surface area contributed by atoms with Gasteiger partial charge in [0.15, 0.2) is 5.96 Å². The molecule has 1 aliphatic rings. The van der Waals surface area contributed by atoms with Gasteiger partial charge in [-0.05, 0) is 43.7 Å². The van der Waals surface area contributed by atoms with Gasteiger partial charge in [0.05, 0.1) is 12.1 Å². The van der Waals surface area contributed by atoms with E-state index in [1.54, 1.807) is 11.3 Å². The lowest BCUT2D eigenvalue weighted by Crippen LogP contribution is -2.48. The molecule has 5 heteroatoms. The maximum Gasteiger partial charge on any atom is 0.191 e. The van der Waals surface area contributed by atoms with Crippen molar-refractivity contribution >= 4 is 17.3 Å². The predicted octanol–water partition coefficient (Wildman–Crippen LogP) is 2.81. The summed E-state index contributed by atoms with van der Waals surface area (Å²) in [4.78, 5) is 5.92. The summed E-state index contributed by atoms with van der Waals surface area (Å²) < 4.78 is 0. The van der Waals surface area contributed by atoms with Crippen LogP contribution in [0.2, 0.25) is 0 Å². The number of hydrogen-bond donors (Lipinski definition) is 3. The molecule has 3 N–H and O–H groups in total. The molecule has 1 aromatic heterocycles. The fourth-order valence-corrected chi connectivity index (χ4v) is 3.52. The fourth-order valence-electron chi connectivity index (χ4n) is 2.69. The first-order chi connectivity index (χ1) is 10.1. The number of guanidine groups is 1. The first kappa shape index (κ1) is 16.3. The third kappa shape index (κ3) is 5.00. The van der Waals surface area contributed by atoms with Crippen LogP contribution in [0.5, 0.6) is 0 Å². The van der Waals surface area contributed by atoms with Gasteiger partial charge < -0.3 is 15.7 Å². The largest absolute Gasteiger partial charge is 0.388 e. The van der Waals surface area contributed by atoms with Crippen molar-refractivity contribution in [2.45, 2.75) is 58.1 Å². The Bertz CT molecular complexity index is 464. The highest BCUT2D eigenvalue weighted by Gasteiger charge is 2.29. The molecular formula is C16H27N3OS. The van der Waals surface area contributed by atoms with Crippen molar-refractivity contribution in [1.82, 2.24) is 10.6 Å². The van der Waals surface area contributed by atoms with Crippen LogP contribution in [0.4, 0.5) is 0 Å². The third-order valence-corrected chi connectivity index (χ3v) is 5.07. The Morgan fingerprint density at radius 2 is 2.10 bits per heavy atom. The van der Waals surface area contributed by atoms with E-state index in [1.165, 1.54) is 16.9 Å². The lowest BCUT2D eigenvalue weighted by atomic mass is 9.85. The van der Waals surface area contributed by atoms with Crippen molar-refractivity contribution in [3.63, 3.8) is 0 Å². The van der Waals surface area contributed by atoms with E-state index in [0.717, 1.165) is 38.2 Å². The van der Waals surface area contributed by atoms with Gasteiger partial charge >= 0.3 is 0 Å². The number of aliphatic imine (C=N–C) groups is 1. The highest BCUT2D eigenvalue weighted by molar-refractivity contribution is 7.10. The zero-order chi connectivity index (χ0) is 15.1. The van der Waals surface area contributed by atoms with Gasteiger partial charge in [0.25, 0.3) is 0 Å². The van der Waals surface area contributed by atoms with Crippen molar-refractivity contribution in [2.24, 2.45) is 4.99 Å². The van der Waals surface area contributed by atoms with Gasteiger partial charge in [0.1, 0.15) is 0 Å². The van der Waals surface area contributed by atoms with Gasteiger partial charge in [-0.2, -0.15) is 0 Å². The second-order valence-electron chi connectivity index (χ2n) is 5.86. The average Bonchev–Trinajstić information content (AvgIpc) is 2.88. The third-order valence-electron chi connectivity index (χ3n) is 4.06. The van der Waals surface area contributed by atoms with E-state index in [0.29, 0.717) is 13.1 Å². The van der Waals surface area contributed by atoms with Crippen LogP contribution in [-0.2, 0) is 6.54 Å². The molecule has 0 saturated heterocycles. The molecule has 21 heavy (non-hydrogen) atoms. The molecule has 0 amide bonds. The molecule has 4 nitrogen and oxygen atoms in total. The summed E-state index contributed by atoms with van der Waals surface area (Å²) in [7, 11) is 0. The minimum atomic E-state index is -0.562. The summed E-state index contributed by atoms with van der Waals surface area (Å²) in [6, 6.07) is 2.13.